The summed E-state index contributed by atoms with van der Waals surface area (Å²) in [6.07, 6.45) is 0.392. The SMILES string of the molecule is Cc1cccc(C)c1N1C(=O)C2(C)CC(c3ccccc3)(O2)C1=O. The van der Waals surface area contributed by atoms with E-state index in [0.717, 1.165) is 16.7 Å². The third-order valence-corrected chi connectivity index (χ3v) is 5.09. The van der Waals surface area contributed by atoms with Crippen LogP contribution in [0.25, 0.3) is 0 Å². The number of benzene rings is 2. The van der Waals surface area contributed by atoms with Crippen molar-refractivity contribution in [3.8, 4) is 0 Å². The quantitative estimate of drug-likeness (QED) is 0.798. The maximum atomic E-state index is 13.3. The summed E-state index contributed by atoms with van der Waals surface area (Å²) >= 11 is 0. The molecule has 0 saturated carbocycles. The maximum Gasteiger partial charge on any atom is 0.270 e. The summed E-state index contributed by atoms with van der Waals surface area (Å²) in [5, 5.41) is 0. The molecule has 5 rings (SSSR count). The first-order valence-corrected chi connectivity index (χ1v) is 8.10. The number of hydrogen-bond donors (Lipinski definition) is 0. The van der Waals surface area contributed by atoms with Gasteiger partial charge in [-0.1, -0.05) is 48.5 Å². The molecule has 4 heteroatoms. The smallest absolute Gasteiger partial charge is 0.270 e. The molecule has 3 fully saturated rings. The van der Waals surface area contributed by atoms with Crippen LogP contribution in [0, 0.1) is 13.8 Å². The highest BCUT2D eigenvalue weighted by Gasteiger charge is 2.70. The number of hydrogen-bond acceptors (Lipinski definition) is 3. The Morgan fingerprint density at radius 2 is 1.50 bits per heavy atom. The van der Waals surface area contributed by atoms with Crippen LogP contribution in [0.3, 0.4) is 0 Å². The zero-order valence-electron chi connectivity index (χ0n) is 14.0. The van der Waals surface area contributed by atoms with Gasteiger partial charge >= 0.3 is 0 Å². The highest BCUT2D eigenvalue weighted by molar-refractivity contribution is 6.25. The molecule has 24 heavy (non-hydrogen) atoms. The molecule has 2 unspecified atom stereocenters. The minimum absolute atomic E-state index is 0.275. The lowest BCUT2D eigenvalue weighted by atomic mass is 9.70. The predicted molar refractivity (Wildman–Crippen MR) is 90.6 cm³/mol. The lowest BCUT2D eigenvalue weighted by Crippen LogP contribution is -2.76. The fourth-order valence-electron chi connectivity index (χ4n) is 3.95. The van der Waals surface area contributed by atoms with E-state index < -0.39 is 11.2 Å². The van der Waals surface area contributed by atoms with Crippen LogP contribution in [-0.2, 0) is 19.9 Å². The fraction of sp³-hybridized carbons (Fsp3) is 0.300. The third kappa shape index (κ3) is 1.77. The molecule has 3 heterocycles. The van der Waals surface area contributed by atoms with E-state index >= 15 is 0 Å². The van der Waals surface area contributed by atoms with E-state index in [1.54, 1.807) is 6.92 Å². The van der Waals surface area contributed by atoms with E-state index in [1.165, 1.54) is 4.90 Å². The number of rotatable bonds is 2. The predicted octanol–water partition coefficient (Wildman–Crippen LogP) is 3.25. The van der Waals surface area contributed by atoms with Crippen molar-refractivity contribution in [3.63, 3.8) is 0 Å². The van der Waals surface area contributed by atoms with Crippen LogP contribution in [0.4, 0.5) is 5.69 Å². The van der Waals surface area contributed by atoms with Gasteiger partial charge in [-0.3, -0.25) is 9.59 Å². The summed E-state index contributed by atoms with van der Waals surface area (Å²) in [6, 6.07) is 15.2. The van der Waals surface area contributed by atoms with E-state index in [-0.39, 0.29) is 11.8 Å². The Hall–Kier alpha value is -2.46. The number of nitrogens with zero attached hydrogens (tertiary/aromatic N) is 1. The number of ether oxygens (including phenoxy) is 1. The Morgan fingerprint density at radius 1 is 0.917 bits per heavy atom. The monoisotopic (exact) mass is 321 g/mol. The summed E-state index contributed by atoms with van der Waals surface area (Å²) in [5.74, 6) is -0.567. The van der Waals surface area contributed by atoms with Gasteiger partial charge in [0.05, 0.1) is 5.69 Å². The van der Waals surface area contributed by atoms with E-state index in [4.69, 9.17) is 4.74 Å². The van der Waals surface area contributed by atoms with Gasteiger partial charge in [0.1, 0.15) is 5.60 Å². The number of carbonyl (C=O) groups excluding carboxylic acids is 2. The number of para-hydroxylation sites is 1. The molecule has 3 aliphatic rings. The minimum atomic E-state index is -1.06. The highest BCUT2D eigenvalue weighted by atomic mass is 16.6. The Labute approximate surface area is 141 Å². The van der Waals surface area contributed by atoms with Crippen molar-refractivity contribution < 1.29 is 14.3 Å². The highest BCUT2D eigenvalue weighted by Crippen LogP contribution is 2.55. The van der Waals surface area contributed by atoms with E-state index in [2.05, 4.69) is 0 Å². The number of imide groups is 1. The molecule has 2 bridgehead atoms. The number of morpholine rings is 1. The van der Waals surface area contributed by atoms with Gasteiger partial charge in [0.25, 0.3) is 11.8 Å². The van der Waals surface area contributed by atoms with Crippen molar-refractivity contribution >= 4 is 17.5 Å². The molecular formula is C20H19NO3. The zero-order chi connectivity index (χ0) is 17.1. The Morgan fingerprint density at radius 3 is 2.08 bits per heavy atom. The van der Waals surface area contributed by atoms with Gasteiger partial charge < -0.3 is 4.74 Å². The Kier molecular flexibility index (Phi) is 3.00. The van der Waals surface area contributed by atoms with Crippen LogP contribution >= 0.6 is 0 Å². The van der Waals surface area contributed by atoms with Crippen molar-refractivity contribution in [1.82, 2.24) is 0 Å². The molecular weight excluding hydrogens is 302 g/mol. The first-order chi connectivity index (χ1) is 11.4. The second-order valence-electron chi connectivity index (χ2n) is 6.89. The second kappa shape index (κ2) is 4.77. The van der Waals surface area contributed by atoms with E-state index in [9.17, 15) is 9.59 Å². The molecule has 4 nitrogen and oxygen atoms in total. The van der Waals surface area contributed by atoms with Gasteiger partial charge in [0.15, 0.2) is 5.60 Å². The summed E-state index contributed by atoms with van der Waals surface area (Å²) in [6.45, 7) is 5.60. The number of fused-ring (bicyclic) bond motifs is 2. The van der Waals surface area contributed by atoms with Crippen molar-refractivity contribution in [3.05, 3.63) is 65.2 Å². The standard InChI is InChI=1S/C20H19NO3/c1-13-8-7-9-14(2)16(13)21-17(22)19(3)12-20(24-19,18(21)23)15-10-5-4-6-11-15/h4-11H,12H2,1-3H3. The number of piperidine rings is 1. The van der Waals surface area contributed by atoms with Crippen LogP contribution in [0.5, 0.6) is 0 Å². The van der Waals surface area contributed by atoms with E-state index in [0.29, 0.717) is 12.1 Å². The maximum absolute atomic E-state index is 13.3. The van der Waals surface area contributed by atoms with Crippen molar-refractivity contribution in [2.45, 2.75) is 38.4 Å². The average molecular weight is 321 g/mol. The minimum Gasteiger partial charge on any atom is -0.344 e. The van der Waals surface area contributed by atoms with Crippen LogP contribution in [-0.4, -0.2) is 17.4 Å². The molecule has 0 spiro atoms. The molecule has 2 amide bonds. The van der Waals surface area contributed by atoms with E-state index in [1.807, 2.05) is 62.4 Å². The van der Waals surface area contributed by atoms with Gasteiger partial charge in [0, 0.05) is 6.42 Å². The Bertz CT molecular complexity index is 830. The van der Waals surface area contributed by atoms with Gasteiger partial charge in [-0.25, -0.2) is 4.90 Å². The first-order valence-electron chi connectivity index (χ1n) is 8.10. The molecule has 3 aliphatic heterocycles. The topological polar surface area (TPSA) is 46.6 Å². The van der Waals surface area contributed by atoms with Gasteiger partial charge in [-0.15, -0.1) is 0 Å². The molecule has 3 saturated heterocycles. The zero-order valence-corrected chi connectivity index (χ0v) is 14.0. The van der Waals surface area contributed by atoms with Gasteiger partial charge in [0.2, 0.25) is 0 Å². The lowest BCUT2D eigenvalue weighted by Gasteiger charge is -2.59. The number of amides is 2. The number of anilines is 1. The van der Waals surface area contributed by atoms with Crippen LogP contribution < -0.4 is 4.90 Å². The third-order valence-electron chi connectivity index (χ3n) is 5.09. The first kappa shape index (κ1) is 15.1. The summed E-state index contributed by atoms with van der Waals surface area (Å²) in [4.78, 5) is 27.6. The Balaban J connectivity index is 1.88. The summed E-state index contributed by atoms with van der Waals surface area (Å²) in [5.41, 5.74) is 1.30. The largest absolute Gasteiger partial charge is 0.344 e. The molecule has 2 atom stereocenters. The molecule has 0 radical (unpaired) electrons. The van der Waals surface area contributed by atoms with Crippen LogP contribution in [0.1, 0.15) is 30.0 Å². The fourth-order valence-corrected chi connectivity index (χ4v) is 3.95. The number of aryl methyl sites for hydroxylation is 2. The normalized spacial score (nSPS) is 28.7. The van der Waals surface area contributed by atoms with Gasteiger partial charge in [-0.2, -0.15) is 0 Å². The molecule has 2 aromatic rings. The molecule has 0 N–H and O–H groups in total. The molecule has 122 valence electrons. The van der Waals surface area contributed by atoms with Crippen LogP contribution in [0.2, 0.25) is 0 Å². The number of carbonyl (C=O) groups is 2. The van der Waals surface area contributed by atoms with Crippen molar-refractivity contribution in [1.29, 1.82) is 0 Å². The van der Waals surface area contributed by atoms with Crippen molar-refractivity contribution in [2.75, 3.05) is 4.90 Å². The average Bonchev–Trinajstić information content (AvgIpc) is 2.53. The molecule has 0 aliphatic carbocycles. The van der Waals surface area contributed by atoms with Crippen molar-refractivity contribution in [2.24, 2.45) is 0 Å². The molecule has 2 aromatic carbocycles. The van der Waals surface area contributed by atoms with Crippen LogP contribution in [0.15, 0.2) is 48.5 Å². The van der Waals surface area contributed by atoms with Gasteiger partial charge in [-0.05, 0) is 37.5 Å². The second-order valence-corrected chi connectivity index (χ2v) is 6.89. The summed E-state index contributed by atoms with van der Waals surface area (Å²) < 4.78 is 5.95. The lowest BCUT2D eigenvalue weighted by molar-refractivity contribution is -0.261. The molecule has 0 aromatic heterocycles. The summed E-state index contributed by atoms with van der Waals surface area (Å²) in [7, 11) is 0.